The molecule has 2 aromatic heterocycles. The fourth-order valence-corrected chi connectivity index (χ4v) is 9.51. The van der Waals surface area contributed by atoms with E-state index in [1.807, 2.05) is 52.0 Å². The molecule has 5 amide bonds. The lowest BCUT2D eigenvalue weighted by molar-refractivity contribution is -0.144. The second-order valence-electron chi connectivity index (χ2n) is 18.5. The highest BCUT2D eigenvalue weighted by Gasteiger charge is 2.52. The minimum Gasteiger partial charge on any atom is -0.475 e. The number of carbonyl (C=O) groups excluding carboxylic acids is 5. The Morgan fingerprint density at radius 3 is 2.26 bits per heavy atom. The predicted octanol–water partition coefficient (Wildman–Crippen LogP) is 5.83. The number of hydrogen-bond acceptors (Lipinski definition) is 14. The smallest absolute Gasteiger partial charge is 0.420 e. The first-order chi connectivity index (χ1) is 34.5. The Labute approximate surface area is 428 Å². The van der Waals surface area contributed by atoms with Crippen LogP contribution in [0.25, 0.3) is 10.4 Å². The van der Waals surface area contributed by atoms with Crippen molar-refractivity contribution in [1.82, 2.24) is 25.5 Å². The summed E-state index contributed by atoms with van der Waals surface area (Å²) < 4.78 is 79.0. The summed E-state index contributed by atoms with van der Waals surface area (Å²) in [5.74, 6) is -5.07. The molecule has 2 aliphatic rings. The number of anilines is 2. The first-order valence-electron chi connectivity index (χ1n) is 23.0. The van der Waals surface area contributed by atoms with Gasteiger partial charge in [0, 0.05) is 13.1 Å². The maximum atomic E-state index is 15.4. The highest BCUT2D eigenvalue weighted by molar-refractivity contribution is 7.81. The Balaban J connectivity index is 0.902. The van der Waals surface area contributed by atoms with Gasteiger partial charge in [-0.2, -0.15) is 18.4 Å². The molecule has 2 aromatic carbocycles. The number of benzene rings is 2. The molecule has 0 bridgehead atoms. The number of nitrogens with zero attached hydrogens (tertiary/aromatic N) is 6. The highest BCUT2D eigenvalue weighted by Crippen LogP contribution is 2.42. The normalized spacial score (nSPS) is 16.1. The molecule has 0 radical (unpaired) electrons. The van der Waals surface area contributed by atoms with Gasteiger partial charge in [0.05, 0.1) is 78.3 Å². The van der Waals surface area contributed by atoms with Crippen molar-refractivity contribution in [3.8, 4) is 22.4 Å². The number of pyridine rings is 1. The van der Waals surface area contributed by atoms with Crippen molar-refractivity contribution in [2.24, 2.45) is 11.1 Å². The fourth-order valence-electron chi connectivity index (χ4n) is 8.19. The van der Waals surface area contributed by atoms with Gasteiger partial charge in [0.25, 0.3) is 11.8 Å². The number of rotatable bonds is 21. The number of nitrogens with two attached hydrogens (primary N) is 1. The van der Waals surface area contributed by atoms with Gasteiger partial charge in [-0.05, 0) is 80.6 Å². The summed E-state index contributed by atoms with van der Waals surface area (Å²) in [5, 5.41) is 14.5. The molecule has 2 saturated heterocycles. The monoisotopic (exact) mass is 1050 g/mol. The zero-order valence-corrected chi connectivity index (χ0v) is 42.5. The van der Waals surface area contributed by atoms with Crippen molar-refractivity contribution in [3.63, 3.8) is 0 Å². The van der Waals surface area contributed by atoms with Crippen molar-refractivity contribution >= 4 is 69.6 Å². The molecule has 4 heterocycles. The number of hydrogen-bond donors (Lipinski definition) is 3. The molecule has 18 nitrogen and oxygen atoms in total. The molecule has 24 heteroatoms. The number of ether oxygens (including phenoxy) is 4. The van der Waals surface area contributed by atoms with Gasteiger partial charge in [-0.3, -0.25) is 28.9 Å². The Morgan fingerprint density at radius 2 is 1.66 bits per heavy atom. The summed E-state index contributed by atoms with van der Waals surface area (Å²) in [5.41, 5.74) is 4.16. The average molecular weight is 1050 g/mol. The lowest BCUT2D eigenvalue weighted by Gasteiger charge is -2.35. The zero-order chi connectivity index (χ0) is 53.4. The van der Waals surface area contributed by atoms with Crippen molar-refractivity contribution in [2.75, 3.05) is 62.6 Å². The maximum absolute atomic E-state index is 15.4. The number of halogens is 4. The Kier molecular flexibility index (Phi) is 17.9. The molecule has 0 saturated carbocycles. The number of likely N-dealkylation sites (tertiary alicyclic amines) is 1. The summed E-state index contributed by atoms with van der Waals surface area (Å²) >= 11 is 7.03. The van der Waals surface area contributed by atoms with Gasteiger partial charge in [0.2, 0.25) is 23.6 Å². The number of alkyl halides is 3. The molecule has 4 N–H and O–H groups in total. The van der Waals surface area contributed by atoms with Gasteiger partial charge >= 0.3 is 6.18 Å². The molecule has 73 heavy (non-hydrogen) atoms. The molecule has 2 aliphatic heterocycles. The van der Waals surface area contributed by atoms with Crippen LogP contribution in [0.3, 0.4) is 0 Å². The molecule has 2 atom stereocenters. The molecule has 2 fully saturated rings. The number of nitriles is 1. The Morgan fingerprint density at radius 1 is 1.00 bits per heavy atom. The number of aryl methyl sites for hydroxylation is 1. The molecular formula is C49H55F4N9O9S2. The van der Waals surface area contributed by atoms with E-state index in [0.29, 0.717) is 30.8 Å². The standard InChI is InChI=1S/C49H55F4N9O9S2/c1-28-39(73-27-58-28)30-11-9-29(10-12-30)24-56-42(65)35-8-7-15-60(35)44(66)40(47(2,3)4)59-36(63)26-70-19-18-68-16-17-69-20-21-71-43-33(41(55)64)22-32(25-57-43)62-46(72)61(45(67)48(62,5)6)34-14-13-31(23-54)37(38(34)50)49(51,52)53/h9-14,22,25,27,35,40H,7-8,15-21,24,26H2,1-6H3,(H2,55,64)(H,56,65)(H,59,63)/t35-,40?/m0/s1. The van der Waals surface area contributed by atoms with E-state index in [4.69, 9.17) is 36.9 Å². The third kappa shape index (κ3) is 12.9. The molecule has 4 aromatic rings. The lowest BCUT2D eigenvalue weighted by Crippen LogP contribution is -2.58. The van der Waals surface area contributed by atoms with E-state index in [9.17, 15) is 42.4 Å². The summed E-state index contributed by atoms with van der Waals surface area (Å²) in [4.78, 5) is 79.2. The number of thiazole rings is 1. The van der Waals surface area contributed by atoms with E-state index in [2.05, 4.69) is 20.6 Å². The van der Waals surface area contributed by atoms with Crippen LogP contribution in [0.5, 0.6) is 5.88 Å². The summed E-state index contributed by atoms with van der Waals surface area (Å²) in [6.45, 7) is 10.9. The Hall–Kier alpha value is -6.65. The first-order valence-corrected chi connectivity index (χ1v) is 24.3. The number of aromatic nitrogens is 2. The van der Waals surface area contributed by atoms with Crippen molar-refractivity contribution in [2.45, 2.75) is 84.7 Å². The number of primary amides is 1. The van der Waals surface area contributed by atoms with Gasteiger partial charge in [-0.1, -0.05) is 45.0 Å². The van der Waals surface area contributed by atoms with Crippen molar-refractivity contribution < 1.29 is 60.5 Å². The second kappa shape index (κ2) is 23.5. The van der Waals surface area contributed by atoms with E-state index in [1.165, 1.54) is 37.1 Å². The number of amides is 5. The van der Waals surface area contributed by atoms with Gasteiger partial charge < -0.3 is 45.1 Å². The number of nitrogens with one attached hydrogen (secondary N) is 2. The third-order valence-corrected chi connectivity index (χ3v) is 13.3. The first kappa shape index (κ1) is 55.7. The molecule has 1 unspecified atom stereocenters. The quantitative estimate of drug-likeness (QED) is 0.0507. The largest absolute Gasteiger partial charge is 0.475 e. The van der Waals surface area contributed by atoms with Crippen LogP contribution in [-0.4, -0.2) is 120 Å². The molecule has 6 rings (SSSR count). The van der Waals surface area contributed by atoms with E-state index < -0.39 is 74.7 Å². The van der Waals surface area contributed by atoms with E-state index >= 15 is 4.39 Å². The van der Waals surface area contributed by atoms with Crippen LogP contribution in [0.1, 0.15) is 80.2 Å². The van der Waals surface area contributed by atoms with Crippen LogP contribution in [0.15, 0.2) is 54.2 Å². The van der Waals surface area contributed by atoms with E-state index in [0.717, 1.165) is 33.8 Å². The summed E-state index contributed by atoms with van der Waals surface area (Å²) in [7, 11) is 0. The van der Waals surface area contributed by atoms with Gasteiger partial charge in [0.1, 0.15) is 42.0 Å². The minimum atomic E-state index is -5.26. The van der Waals surface area contributed by atoms with Crippen LogP contribution in [0, 0.1) is 29.5 Å². The van der Waals surface area contributed by atoms with E-state index in [-0.39, 0.29) is 75.2 Å². The Bertz CT molecular complexity index is 2760. The summed E-state index contributed by atoms with van der Waals surface area (Å²) in [6, 6.07) is 10.4. The summed E-state index contributed by atoms with van der Waals surface area (Å²) in [6.07, 6.45) is -2.93. The van der Waals surface area contributed by atoms with Crippen LogP contribution < -0.4 is 30.9 Å². The highest BCUT2D eigenvalue weighted by atomic mass is 32.1. The molecule has 0 spiro atoms. The van der Waals surface area contributed by atoms with Crippen molar-refractivity contribution in [3.05, 3.63) is 87.9 Å². The van der Waals surface area contributed by atoms with Gasteiger partial charge in [-0.15, -0.1) is 11.3 Å². The number of carbonyl (C=O) groups is 5. The van der Waals surface area contributed by atoms with Crippen LogP contribution in [0.4, 0.5) is 28.9 Å². The maximum Gasteiger partial charge on any atom is 0.420 e. The molecular weight excluding hydrogens is 999 g/mol. The minimum absolute atomic E-state index is 0.0180. The van der Waals surface area contributed by atoms with Crippen molar-refractivity contribution in [1.29, 1.82) is 5.26 Å². The molecule has 390 valence electrons. The number of thiocarbonyl (C=S) groups is 1. The predicted molar refractivity (Wildman–Crippen MR) is 264 cm³/mol. The topological polar surface area (TPSA) is 232 Å². The van der Waals surface area contributed by atoms with Gasteiger partial charge in [0.15, 0.2) is 10.9 Å². The average Bonchev–Trinajstić information content (AvgIpc) is 4.04. The van der Waals surface area contributed by atoms with Gasteiger partial charge in [-0.25, -0.2) is 14.4 Å². The third-order valence-electron chi connectivity index (χ3n) is 11.9. The van der Waals surface area contributed by atoms with Crippen LogP contribution >= 0.6 is 23.6 Å². The SMILES string of the molecule is Cc1ncsc1-c1ccc(CNC(=O)[C@@H]2CCCN2C(=O)C(NC(=O)COCCOCCOCCOc2ncc(N3C(=S)N(c4ccc(C#N)c(C(F)(F)F)c4F)C(=O)C3(C)C)cc2C(N)=O)C(C)(C)C)cc1. The zero-order valence-electron chi connectivity index (χ0n) is 40.9. The van der Waals surface area contributed by atoms with E-state index in [1.54, 1.807) is 21.7 Å². The molecule has 0 aliphatic carbocycles. The lowest BCUT2D eigenvalue weighted by atomic mass is 9.85. The second-order valence-corrected chi connectivity index (χ2v) is 19.7. The van der Waals surface area contributed by atoms with Crippen LogP contribution in [-0.2, 0) is 46.1 Å². The van der Waals surface area contributed by atoms with Crippen LogP contribution in [0.2, 0.25) is 0 Å². The fraction of sp³-hybridized carbons (Fsp3) is 0.449.